The van der Waals surface area contributed by atoms with Gasteiger partial charge in [0.2, 0.25) is 0 Å². The Morgan fingerprint density at radius 2 is 2.44 bits per heavy atom. The van der Waals surface area contributed by atoms with Crippen molar-refractivity contribution in [3.05, 3.63) is 29.2 Å². The van der Waals surface area contributed by atoms with E-state index in [0.717, 1.165) is 0 Å². The van der Waals surface area contributed by atoms with Crippen LogP contribution in [0.2, 0.25) is 0 Å². The molecule has 1 aromatic carbocycles. The zero-order chi connectivity index (χ0) is 6.69. The van der Waals surface area contributed by atoms with Crippen LogP contribution in [0.4, 0.5) is 5.69 Å². The molecule has 0 aliphatic rings. The first-order chi connectivity index (χ1) is 4.34. The number of nitroso groups, excluding NO2 is 1. The van der Waals surface area contributed by atoms with Crippen molar-refractivity contribution in [3.8, 4) is 5.75 Å². The zero-order valence-electron chi connectivity index (χ0n) is 4.53. The van der Waals surface area contributed by atoms with Gasteiger partial charge in [-0.25, -0.2) is 0 Å². The minimum Gasteiger partial charge on any atom is -0.506 e. The maximum absolute atomic E-state index is 9.80. The number of hydrogen-bond acceptors (Lipinski definition) is 3. The zero-order valence-corrected chi connectivity index (χ0v) is 4.53. The van der Waals surface area contributed by atoms with Crippen LogP contribution in [0.3, 0.4) is 0 Å². The van der Waals surface area contributed by atoms with Gasteiger partial charge in [0.05, 0.1) is 0 Å². The van der Waals surface area contributed by atoms with Gasteiger partial charge in [0.25, 0.3) is 0 Å². The third kappa shape index (κ3) is 1.05. The lowest BCUT2D eigenvalue weighted by Gasteiger charge is -1.89. The van der Waals surface area contributed by atoms with E-state index in [2.05, 4.69) is 11.2 Å². The number of rotatable bonds is 1. The van der Waals surface area contributed by atoms with Crippen molar-refractivity contribution in [1.82, 2.24) is 0 Å². The molecule has 1 rings (SSSR count). The van der Waals surface area contributed by atoms with Crippen molar-refractivity contribution in [1.29, 1.82) is 0 Å². The average Bonchev–Trinajstić information content (AvgIpc) is 1.89. The van der Waals surface area contributed by atoms with Gasteiger partial charge in [-0.1, -0.05) is 6.07 Å². The standard InChI is InChI=1S/C6H4NO2/c8-6-4-2-1-3-5(6)7-9/h2-4,8H. The summed E-state index contributed by atoms with van der Waals surface area (Å²) < 4.78 is 0. The maximum Gasteiger partial charge on any atom is 0.150 e. The van der Waals surface area contributed by atoms with Crippen molar-refractivity contribution in [3.63, 3.8) is 0 Å². The summed E-state index contributed by atoms with van der Waals surface area (Å²) in [6.45, 7) is 0. The van der Waals surface area contributed by atoms with E-state index in [4.69, 9.17) is 5.11 Å². The minimum atomic E-state index is -0.108. The Morgan fingerprint density at radius 3 is 2.89 bits per heavy atom. The predicted octanol–water partition coefficient (Wildman–Crippen LogP) is 1.59. The highest BCUT2D eigenvalue weighted by atomic mass is 16.3. The molecular formula is C6H4NO2. The molecule has 0 bridgehead atoms. The second-order valence-corrected chi connectivity index (χ2v) is 1.51. The SMILES string of the molecule is O=Nc1c[c]ccc1O. The summed E-state index contributed by atoms with van der Waals surface area (Å²) in [5, 5.41) is 11.3. The summed E-state index contributed by atoms with van der Waals surface area (Å²) in [5.74, 6) is -0.108. The molecule has 1 aromatic rings. The molecule has 0 fully saturated rings. The Morgan fingerprint density at radius 1 is 1.67 bits per heavy atom. The molecule has 0 unspecified atom stereocenters. The van der Waals surface area contributed by atoms with Gasteiger partial charge in [-0.15, -0.1) is 4.91 Å². The highest BCUT2D eigenvalue weighted by Gasteiger charge is 1.95. The van der Waals surface area contributed by atoms with Crippen molar-refractivity contribution in [2.75, 3.05) is 0 Å². The number of benzene rings is 1. The fraction of sp³-hybridized carbons (Fsp3) is 0. The number of phenolic OH excluding ortho intramolecular Hbond substituents is 1. The molecule has 0 saturated carbocycles. The minimum absolute atomic E-state index is 0.0255. The van der Waals surface area contributed by atoms with Crippen LogP contribution in [0.15, 0.2) is 23.4 Å². The van der Waals surface area contributed by atoms with Crippen LogP contribution in [-0.2, 0) is 0 Å². The average molecular weight is 122 g/mol. The molecule has 1 N–H and O–H groups in total. The largest absolute Gasteiger partial charge is 0.506 e. The van der Waals surface area contributed by atoms with E-state index in [-0.39, 0.29) is 11.4 Å². The number of hydrogen-bond donors (Lipinski definition) is 1. The van der Waals surface area contributed by atoms with Crippen molar-refractivity contribution in [2.45, 2.75) is 0 Å². The molecule has 0 aliphatic heterocycles. The fourth-order valence-electron chi connectivity index (χ4n) is 0.487. The first-order valence-electron chi connectivity index (χ1n) is 2.37. The molecule has 0 amide bonds. The van der Waals surface area contributed by atoms with Gasteiger partial charge < -0.3 is 5.11 Å². The summed E-state index contributed by atoms with van der Waals surface area (Å²) in [5.41, 5.74) is 0.0255. The van der Waals surface area contributed by atoms with E-state index in [0.29, 0.717) is 0 Å². The Hall–Kier alpha value is -1.38. The Labute approximate surface area is 51.9 Å². The van der Waals surface area contributed by atoms with Crippen molar-refractivity contribution in [2.24, 2.45) is 5.18 Å². The topological polar surface area (TPSA) is 49.7 Å². The molecule has 0 atom stereocenters. The van der Waals surface area contributed by atoms with Crippen LogP contribution in [0.1, 0.15) is 0 Å². The molecule has 0 saturated heterocycles. The van der Waals surface area contributed by atoms with Crippen molar-refractivity contribution >= 4 is 5.69 Å². The highest BCUT2D eigenvalue weighted by molar-refractivity contribution is 5.49. The van der Waals surface area contributed by atoms with Crippen LogP contribution in [0, 0.1) is 11.0 Å². The lowest BCUT2D eigenvalue weighted by atomic mass is 10.3. The van der Waals surface area contributed by atoms with Gasteiger partial charge in [-0.3, -0.25) is 0 Å². The normalized spacial score (nSPS) is 8.89. The molecule has 0 aliphatic carbocycles. The Kier molecular flexibility index (Phi) is 1.44. The lowest BCUT2D eigenvalue weighted by Crippen LogP contribution is -1.63. The van der Waals surface area contributed by atoms with E-state index in [1.807, 2.05) is 0 Å². The quantitative estimate of drug-likeness (QED) is 0.575. The van der Waals surface area contributed by atoms with Gasteiger partial charge >= 0.3 is 0 Å². The second-order valence-electron chi connectivity index (χ2n) is 1.51. The first-order valence-corrected chi connectivity index (χ1v) is 2.37. The fourth-order valence-corrected chi connectivity index (χ4v) is 0.487. The van der Waals surface area contributed by atoms with E-state index in [1.54, 1.807) is 0 Å². The molecule has 3 heteroatoms. The van der Waals surface area contributed by atoms with Gasteiger partial charge in [-0.2, -0.15) is 0 Å². The molecule has 3 nitrogen and oxygen atoms in total. The number of phenols is 1. The van der Waals surface area contributed by atoms with Crippen molar-refractivity contribution < 1.29 is 5.11 Å². The van der Waals surface area contributed by atoms with Gasteiger partial charge in [0.1, 0.15) is 11.4 Å². The molecule has 9 heavy (non-hydrogen) atoms. The third-order valence-corrected chi connectivity index (χ3v) is 0.918. The maximum atomic E-state index is 9.80. The molecule has 45 valence electrons. The summed E-state index contributed by atoms with van der Waals surface area (Å²) in [7, 11) is 0. The molecule has 1 radical (unpaired) electrons. The van der Waals surface area contributed by atoms with Crippen LogP contribution in [0.5, 0.6) is 5.75 Å². The lowest BCUT2D eigenvalue weighted by molar-refractivity contribution is 0.477. The molecule has 0 heterocycles. The first kappa shape index (κ1) is 5.75. The second kappa shape index (κ2) is 2.26. The highest BCUT2D eigenvalue weighted by Crippen LogP contribution is 2.23. The molecule has 0 spiro atoms. The smallest absolute Gasteiger partial charge is 0.150 e. The van der Waals surface area contributed by atoms with Gasteiger partial charge in [0, 0.05) is 0 Å². The van der Waals surface area contributed by atoms with Crippen LogP contribution in [0.25, 0.3) is 0 Å². The van der Waals surface area contributed by atoms with E-state index < -0.39 is 0 Å². The summed E-state index contributed by atoms with van der Waals surface area (Å²) in [6.07, 6.45) is 0. The predicted molar refractivity (Wildman–Crippen MR) is 32.4 cm³/mol. The third-order valence-electron chi connectivity index (χ3n) is 0.918. The van der Waals surface area contributed by atoms with Gasteiger partial charge in [0.15, 0.2) is 0 Å². The Balaban J connectivity index is 3.15. The van der Waals surface area contributed by atoms with E-state index >= 15 is 0 Å². The molecule has 0 aromatic heterocycles. The van der Waals surface area contributed by atoms with E-state index in [9.17, 15) is 4.91 Å². The summed E-state index contributed by atoms with van der Waals surface area (Å²) in [4.78, 5) is 9.80. The molecular weight excluding hydrogens is 118 g/mol. The van der Waals surface area contributed by atoms with Crippen LogP contribution >= 0.6 is 0 Å². The van der Waals surface area contributed by atoms with Crippen LogP contribution in [-0.4, -0.2) is 5.11 Å². The number of nitrogens with zero attached hydrogens (tertiary/aromatic N) is 1. The monoisotopic (exact) mass is 122 g/mol. The van der Waals surface area contributed by atoms with E-state index in [1.165, 1.54) is 18.2 Å². The Bertz CT molecular complexity index is 222. The summed E-state index contributed by atoms with van der Waals surface area (Å²) in [6, 6.07) is 6.78. The van der Waals surface area contributed by atoms with Crippen LogP contribution < -0.4 is 0 Å². The van der Waals surface area contributed by atoms with Gasteiger partial charge in [-0.05, 0) is 23.4 Å². The number of aromatic hydroxyl groups is 1. The summed E-state index contributed by atoms with van der Waals surface area (Å²) >= 11 is 0.